The molecule has 3 rings (SSSR count). The van der Waals surface area contributed by atoms with Crippen molar-refractivity contribution in [2.45, 2.75) is 12.6 Å². The largest absolute Gasteiger partial charge is 0.480 e. The third-order valence-electron chi connectivity index (χ3n) is 4.44. The van der Waals surface area contributed by atoms with Crippen LogP contribution in [0.1, 0.15) is 17.4 Å². The van der Waals surface area contributed by atoms with Crippen molar-refractivity contribution in [1.29, 1.82) is 0 Å². The van der Waals surface area contributed by atoms with Crippen molar-refractivity contribution in [1.82, 2.24) is 9.80 Å². The zero-order chi connectivity index (χ0) is 19.2. The van der Waals surface area contributed by atoms with Gasteiger partial charge in [0.25, 0.3) is 0 Å². The number of amides is 2. The Morgan fingerprint density at radius 1 is 1.22 bits per heavy atom. The predicted molar refractivity (Wildman–Crippen MR) is 98.4 cm³/mol. The number of carbonyl (C=O) groups is 2. The summed E-state index contributed by atoms with van der Waals surface area (Å²) < 4.78 is 10.5. The Hall–Kier alpha value is -2.84. The molecular weight excluding hydrogens is 350 g/mol. The Balaban J connectivity index is 1.66. The Labute approximate surface area is 157 Å². The molecule has 1 atom stereocenters. The summed E-state index contributed by atoms with van der Waals surface area (Å²) in [5, 5.41) is 12.5. The number of carboxylic acids is 1. The number of hydrogen-bond donors (Lipinski definition) is 2. The topological polar surface area (TPSA) is 95.2 Å². The third kappa shape index (κ3) is 4.87. The number of nitrogens with zero attached hydrogens (tertiary/aromatic N) is 2. The average molecular weight is 373 g/mol. The maximum absolute atomic E-state index is 12.2. The number of likely N-dealkylation sites (N-methyl/N-ethyl adjacent to an activating group) is 1. The monoisotopic (exact) mass is 373 g/mol. The first-order valence-corrected chi connectivity index (χ1v) is 8.73. The summed E-state index contributed by atoms with van der Waals surface area (Å²) in [6, 6.07) is 9.42. The quantitative estimate of drug-likeness (QED) is 0.807. The van der Waals surface area contributed by atoms with E-state index in [0.717, 1.165) is 0 Å². The zero-order valence-corrected chi connectivity index (χ0v) is 15.1. The van der Waals surface area contributed by atoms with Crippen molar-refractivity contribution >= 4 is 17.7 Å². The van der Waals surface area contributed by atoms with Crippen LogP contribution in [0.25, 0.3) is 0 Å². The fraction of sp³-hybridized carbons (Fsp3) is 0.368. The van der Waals surface area contributed by atoms with Crippen LogP contribution in [0.4, 0.5) is 10.5 Å². The summed E-state index contributed by atoms with van der Waals surface area (Å²) in [4.78, 5) is 27.4. The molecular formula is C19H23N3O5. The first kappa shape index (κ1) is 18.9. The minimum atomic E-state index is -0.950. The second-order valence-corrected chi connectivity index (χ2v) is 6.39. The predicted octanol–water partition coefficient (Wildman–Crippen LogP) is 2.40. The Morgan fingerprint density at radius 3 is 2.52 bits per heavy atom. The van der Waals surface area contributed by atoms with Gasteiger partial charge in [-0.2, -0.15) is 0 Å². The van der Waals surface area contributed by atoms with Crippen LogP contribution in [0.3, 0.4) is 0 Å². The molecule has 27 heavy (non-hydrogen) atoms. The number of rotatable bonds is 6. The third-order valence-corrected chi connectivity index (χ3v) is 4.44. The first-order valence-electron chi connectivity index (χ1n) is 8.73. The van der Waals surface area contributed by atoms with Gasteiger partial charge in [0, 0.05) is 18.8 Å². The highest BCUT2D eigenvalue weighted by Crippen LogP contribution is 2.23. The molecule has 8 nitrogen and oxygen atoms in total. The summed E-state index contributed by atoms with van der Waals surface area (Å²) in [6.45, 7) is 2.56. The highest BCUT2D eigenvalue weighted by atomic mass is 16.5. The molecule has 0 radical (unpaired) electrons. The number of carboxylic acid groups (broad SMARTS) is 1. The Morgan fingerprint density at radius 2 is 1.93 bits per heavy atom. The number of carbonyl (C=O) groups excluding carboxylic acids is 1. The molecule has 2 aromatic rings. The molecule has 1 aromatic heterocycles. The second kappa shape index (κ2) is 8.70. The van der Waals surface area contributed by atoms with Crippen LogP contribution in [-0.4, -0.2) is 60.3 Å². The van der Waals surface area contributed by atoms with Gasteiger partial charge in [-0.1, -0.05) is 12.1 Å². The van der Waals surface area contributed by atoms with Gasteiger partial charge in [-0.15, -0.1) is 0 Å². The second-order valence-electron chi connectivity index (χ2n) is 6.39. The lowest BCUT2D eigenvalue weighted by Crippen LogP contribution is -2.43. The number of anilines is 1. The van der Waals surface area contributed by atoms with E-state index >= 15 is 0 Å². The highest BCUT2D eigenvalue weighted by Gasteiger charge is 2.25. The van der Waals surface area contributed by atoms with E-state index in [1.54, 1.807) is 59.5 Å². The normalized spacial score (nSPS) is 15.6. The maximum Gasteiger partial charge on any atom is 0.325 e. The smallest absolute Gasteiger partial charge is 0.325 e. The standard InChI is InChI=1S/C19H23N3O5/c1-21(13-16-3-2-10-27-16)17(18(23)24)14-4-6-15(7-5-14)20-19(25)22-8-11-26-12-9-22/h2-7,10,17H,8-9,11-13H2,1H3,(H,20,25)(H,23,24)/t17-/m1/s1. The van der Waals surface area contributed by atoms with E-state index in [1.807, 2.05) is 0 Å². The van der Waals surface area contributed by atoms with Crippen LogP contribution in [0.2, 0.25) is 0 Å². The lowest BCUT2D eigenvalue weighted by Gasteiger charge is -2.27. The lowest BCUT2D eigenvalue weighted by molar-refractivity contribution is -0.143. The van der Waals surface area contributed by atoms with E-state index in [4.69, 9.17) is 9.15 Å². The summed E-state index contributed by atoms with van der Waals surface area (Å²) in [5.41, 5.74) is 1.24. The number of morpholine rings is 1. The van der Waals surface area contributed by atoms with Crippen LogP contribution in [0.15, 0.2) is 47.1 Å². The number of benzene rings is 1. The van der Waals surface area contributed by atoms with E-state index < -0.39 is 12.0 Å². The van der Waals surface area contributed by atoms with Crippen LogP contribution in [0, 0.1) is 0 Å². The van der Waals surface area contributed by atoms with Crippen molar-refractivity contribution in [3.8, 4) is 0 Å². The average Bonchev–Trinajstić information content (AvgIpc) is 3.16. The molecule has 1 aliphatic rings. The highest BCUT2D eigenvalue weighted by molar-refractivity contribution is 5.89. The van der Waals surface area contributed by atoms with Crippen LogP contribution in [-0.2, 0) is 16.1 Å². The number of hydrogen-bond acceptors (Lipinski definition) is 5. The lowest BCUT2D eigenvalue weighted by atomic mass is 10.1. The van der Waals surface area contributed by atoms with Crippen molar-refractivity contribution in [3.63, 3.8) is 0 Å². The molecule has 2 amide bonds. The first-order chi connectivity index (χ1) is 13.0. The number of ether oxygens (including phenoxy) is 1. The van der Waals surface area contributed by atoms with Gasteiger partial charge in [-0.05, 0) is 36.9 Å². The molecule has 2 heterocycles. The Bertz CT molecular complexity index is 754. The molecule has 8 heteroatoms. The molecule has 1 fully saturated rings. The molecule has 0 bridgehead atoms. The minimum absolute atomic E-state index is 0.184. The zero-order valence-electron chi connectivity index (χ0n) is 15.1. The van der Waals surface area contributed by atoms with Gasteiger partial charge in [0.2, 0.25) is 0 Å². The molecule has 2 N–H and O–H groups in total. The number of nitrogens with one attached hydrogen (secondary N) is 1. The molecule has 144 valence electrons. The Kier molecular flexibility index (Phi) is 6.10. The maximum atomic E-state index is 12.2. The molecule has 1 aromatic carbocycles. The fourth-order valence-corrected chi connectivity index (χ4v) is 3.04. The van der Waals surface area contributed by atoms with E-state index in [9.17, 15) is 14.7 Å². The van der Waals surface area contributed by atoms with Gasteiger partial charge in [0.15, 0.2) is 0 Å². The van der Waals surface area contributed by atoms with Gasteiger partial charge in [-0.3, -0.25) is 9.69 Å². The van der Waals surface area contributed by atoms with Gasteiger partial charge < -0.3 is 24.5 Å². The summed E-state index contributed by atoms with van der Waals surface area (Å²) >= 11 is 0. The molecule has 1 saturated heterocycles. The van der Waals surface area contributed by atoms with Crippen LogP contribution < -0.4 is 5.32 Å². The van der Waals surface area contributed by atoms with Gasteiger partial charge in [-0.25, -0.2) is 4.79 Å². The van der Waals surface area contributed by atoms with Gasteiger partial charge in [0.1, 0.15) is 11.8 Å². The molecule has 1 aliphatic heterocycles. The van der Waals surface area contributed by atoms with E-state index in [-0.39, 0.29) is 6.03 Å². The number of furan rings is 1. The molecule has 0 spiro atoms. The van der Waals surface area contributed by atoms with Gasteiger partial charge in [0.05, 0.1) is 26.0 Å². The minimum Gasteiger partial charge on any atom is -0.480 e. The summed E-state index contributed by atoms with van der Waals surface area (Å²) in [6.07, 6.45) is 1.56. The molecule has 0 aliphatic carbocycles. The summed E-state index contributed by atoms with van der Waals surface area (Å²) in [5.74, 6) is -0.257. The van der Waals surface area contributed by atoms with E-state index in [1.165, 1.54) is 0 Å². The van der Waals surface area contributed by atoms with Crippen molar-refractivity contribution in [2.24, 2.45) is 0 Å². The van der Waals surface area contributed by atoms with Crippen molar-refractivity contribution in [2.75, 3.05) is 38.7 Å². The van der Waals surface area contributed by atoms with Crippen LogP contribution in [0.5, 0.6) is 0 Å². The number of aliphatic carboxylic acids is 1. The van der Waals surface area contributed by atoms with Crippen molar-refractivity contribution in [3.05, 3.63) is 54.0 Å². The van der Waals surface area contributed by atoms with Crippen molar-refractivity contribution < 1.29 is 23.8 Å². The summed E-state index contributed by atoms with van der Waals surface area (Å²) in [7, 11) is 1.73. The SMILES string of the molecule is CN(Cc1ccco1)[C@@H](C(=O)O)c1ccc(NC(=O)N2CCOCC2)cc1. The van der Waals surface area contributed by atoms with Gasteiger partial charge >= 0.3 is 12.0 Å². The fourth-order valence-electron chi connectivity index (χ4n) is 3.04. The molecule has 0 unspecified atom stereocenters. The molecule has 0 saturated carbocycles. The van der Waals surface area contributed by atoms with E-state index in [0.29, 0.717) is 49.9 Å². The number of urea groups is 1. The van der Waals surface area contributed by atoms with Crippen LogP contribution >= 0.6 is 0 Å². The van der Waals surface area contributed by atoms with E-state index in [2.05, 4.69) is 5.32 Å².